The highest BCUT2D eigenvalue weighted by Gasteiger charge is 2.29. The van der Waals surface area contributed by atoms with Gasteiger partial charge in [0.25, 0.3) is 0 Å². The van der Waals surface area contributed by atoms with Gasteiger partial charge in [-0.3, -0.25) is 4.90 Å². The average molecular weight is 384 g/mol. The second kappa shape index (κ2) is 7.62. The van der Waals surface area contributed by atoms with Crippen LogP contribution in [0.2, 0.25) is 0 Å². The highest BCUT2D eigenvalue weighted by Crippen LogP contribution is 2.19. The highest BCUT2D eigenvalue weighted by atomic mass is 79.9. The Balaban J connectivity index is 1.92. The summed E-state index contributed by atoms with van der Waals surface area (Å²) in [4.78, 5) is 20.6. The summed E-state index contributed by atoms with van der Waals surface area (Å²) in [5.74, 6) is 0. The Hall–Kier alpha value is -1.14. The zero-order valence-corrected chi connectivity index (χ0v) is 16.0. The number of rotatable bonds is 3. The van der Waals surface area contributed by atoms with E-state index in [2.05, 4.69) is 38.9 Å². The predicted molar refractivity (Wildman–Crippen MR) is 94.2 cm³/mol. The van der Waals surface area contributed by atoms with Gasteiger partial charge in [0, 0.05) is 31.9 Å². The first-order valence-corrected chi connectivity index (χ1v) is 8.82. The van der Waals surface area contributed by atoms with Crippen molar-refractivity contribution in [1.82, 2.24) is 14.8 Å². The van der Waals surface area contributed by atoms with Crippen molar-refractivity contribution in [1.29, 1.82) is 0 Å². The molecule has 23 heavy (non-hydrogen) atoms. The molecule has 2 rings (SSSR count). The normalized spacial score (nSPS) is 19.0. The third kappa shape index (κ3) is 5.77. The van der Waals surface area contributed by atoms with Crippen LogP contribution in [0.3, 0.4) is 0 Å². The number of likely N-dealkylation sites (N-methyl/N-ethyl adjacent to an activating group) is 1. The average Bonchev–Trinajstić information content (AvgIpc) is 2.48. The molecule has 5 nitrogen and oxygen atoms in total. The van der Waals surface area contributed by atoms with E-state index in [1.165, 1.54) is 5.56 Å². The van der Waals surface area contributed by atoms with Crippen molar-refractivity contribution in [2.75, 3.05) is 20.1 Å². The fraction of sp³-hybridized carbons (Fsp3) is 0.647. The number of likely N-dealkylation sites (tertiary alicyclic amines) is 1. The van der Waals surface area contributed by atoms with Crippen LogP contribution in [-0.4, -0.2) is 52.7 Å². The van der Waals surface area contributed by atoms with E-state index >= 15 is 0 Å². The molecule has 0 bridgehead atoms. The minimum Gasteiger partial charge on any atom is -0.444 e. The number of hydrogen-bond acceptors (Lipinski definition) is 4. The number of ether oxygens (including phenoxy) is 1. The Morgan fingerprint density at radius 2 is 2.22 bits per heavy atom. The van der Waals surface area contributed by atoms with Gasteiger partial charge >= 0.3 is 6.09 Å². The first kappa shape index (κ1) is 18.2. The van der Waals surface area contributed by atoms with Crippen LogP contribution in [0.15, 0.2) is 22.9 Å². The molecule has 0 N–H and O–H groups in total. The Morgan fingerprint density at radius 1 is 1.48 bits per heavy atom. The Bertz CT molecular complexity index is 528. The van der Waals surface area contributed by atoms with E-state index < -0.39 is 5.60 Å². The highest BCUT2D eigenvalue weighted by molar-refractivity contribution is 9.10. The fourth-order valence-electron chi connectivity index (χ4n) is 2.72. The molecule has 1 aliphatic heterocycles. The maximum atomic E-state index is 12.2. The largest absolute Gasteiger partial charge is 0.444 e. The van der Waals surface area contributed by atoms with Crippen LogP contribution in [0.4, 0.5) is 4.79 Å². The number of carbonyl (C=O) groups is 1. The first-order valence-electron chi connectivity index (χ1n) is 8.03. The van der Waals surface area contributed by atoms with Crippen molar-refractivity contribution in [3.05, 3.63) is 28.5 Å². The summed E-state index contributed by atoms with van der Waals surface area (Å²) in [7, 11) is 2.10. The van der Waals surface area contributed by atoms with E-state index in [-0.39, 0.29) is 6.09 Å². The van der Waals surface area contributed by atoms with Crippen LogP contribution in [-0.2, 0) is 11.3 Å². The maximum absolute atomic E-state index is 12.2. The molecule has 1 aromatic rings. The van der Waals surface area contributed by atoms with Gasteiger partial charge in [0.15, 0.2) is 0 Å². The SMILES string of the molecule is CN(Cc1ccc(Br)nc1)C1CCCN(C(=O)OC(C)(C)C)C1. The molecule has 1 unspecified atom stereocenters. The summed E-state index contributed by atoms with van der Waals surface area (Å²) in [6.45, 7) is 8.03. The lowest BCUT2D eigenvalue weighted by molar-refractivity contribution is 0.0121. The van der Waals surface area contributed by atoms with Crippen molar-refractivity contribution in [3.8, 4) is 0 Å². The van der Waals surface area contributed by atoms with Crippen LogP contribution in [0.5, 0.6) is 0 Å². The van der Waals surface area contributed by atoms with Gasteiger partial charge in [0.1, 0.15) is 10.2 Å². The molecule has 1 saturated heterocycles. The molecule has 6 heteroatoms. The lowest BCUT2D eigenvalue weighted by atomic mass is 10.0. The number of nitrogens with zero attached hydrogens (tertiary/aromatic N) is 3. The molecule has 1 aromatic heterocycles. The van der Waals surface area contributed by atoms with Gasteiger partial charge in [0.05, 0.1) is 0 Å². The lowest BCUT2D eigenvalue weighted by Crippen LogP contribution is -2.49. The van der Waals surface area contributed by atoms with Gasteiger partial charge in [-0.2, -0.15) is 0 Å². The topological polar surface area (TPSA) is 45.7 Å². The van der Waals surface area contributed by atoms with Crippen molar-refractivity contribution in [2.24, 2.45) is 0 Å². The van der Waals surface area contributed by atoms with E-state index in [1.807, 2.05) is 37.9 Å². The monoisotopic (exact) mass is 383 g/mol. The van der Waals surface area contributed by atoms with Gasteiger partial charge in [-0.15, -0.1) is 0 Å². The van der Waals surface area contributed by atoms with Crippen molar-refractivity contribution >= 4 is 22.0 Å². The minimum atomic E-state index is -0.445. The van der Waals surface area contributed by atoms with E-state index in [0.29, 0.717) is 6.04 Å². The molecule has 1 atom stereocenters. The van der Waals surface area contributed by atoms with Crippen molar-refractivity contribution in [3.63, 3.8) is 0 Å². The number of amides is 1. The van der Waals surface area contributed by atoms with Crippen LogP contribution < -0.4 is 0 Å². The van der Waals surface area contributed by atoms with E-state index in [9.17, 15) is 4.79 Å². The number of pyridine rings is 1. The molecular weight excluding hydrogens is 358 g/mol. The molecule has 1 fully saturated rings. The van der Waals surface area contributed by atoms with Gasteiger partial charge in [0.2, 0.25) is 0 Å². The zero-order chi connectivity index (χ0) is 17.0. The maximum Gasteiger partial charge on any atom is 0.410 e. The quantitative estimate of drug-likeness (QED) is 0.746. The van der Waals surface area contributed by atoms with Crippen LogP contribution in [0, 0.1) is 0 Å². The fourth-order valence-corrected chi connectivity index (χ4v) is 2.96. The van der Waals surface area contributed by atoms with Crippen molar-refractivity contribution < 1.29 is 9.53 Å². The van der Waals surface area contributed by atoms with E-state index in [4.69, 9.17) is 4.74 Å². The molecule has 0 aromatic carbocycles. The second-order valence-corrected chi connectivity index (χ2v) is 7.94. The Labute approximate surface area is 147 Å². The molecule has 0 spiro atoms. The number of aromatic nitrogens is 1. The number of hydrogen-bond donors (Lipinski definition) is 0. The molecule has 128 valence electrons. The third-order valence-electron chi connectivity index (χ3n) is 3.89. The third-order valence-corrected chi connectivity index (χ3v) is 4.36. The minimum absolute atomic E-state index is 0.207. The number of piperidine rings is 1. The Morgan fingerprint density at radius 3 is 2.83 bits per heavy atom. The summed E-state index contributed by atoms with van der Waals surface area (Å²) < 4.78 is 6.34. The lowest BCUT2D eigenvalue weighted by Gasteiger charge is -2.38. The number of halogens is 1. The molecule has 0 aliphatic carbocycles. The van der Waals surface area contributed by atoms with Crippen LogP contribution in [0.1, 0.15) is 39.2 Å². The second-order valence-electron chi connectivity index (χ2n) is 7.13. The van der Waals surface area contributed by atoms with Crippen molar-refractivity contribution in [2.45, 2.75) is 51.8 Å². The molecular formula is C17H26BrN3O2. The predicted octanol–water partition coefficient (Wildman–Crippen LogP) is 3.68. The van der Waals surface area contributed by atoms with E-state index in [0.717, 1.165) is 37.1 Å². The number of carbonyl (C=O) groups excluding carboxylic acids is 1. The summed E-state index contributed by atoms with van der Waals surface area (Å²) in [6, 6.07) is 4.37. The van der Waals surface area contributed by atoms with Crippen LogP contribution in [0.25, 0.3) is 0 Å². The van der Waals surface area contributed by atoms with Gasteiger partial charge in [-0.05, 0) is 68.2 Å². The first-order chi connectivity index (χ1) is 10.7. The van der Waals surface area contributed by atoms with Crippen LogP contribution >= 0.6 is 15.9 Å². The van der Waals surface area contributed by atoms with Gasteiger partial charge in [-0.25, -0.2) is 9.78 Å². The Kier molecular flexibility index (Phi) is 6.03. The summed E-state index contributed by atoms with van der Waals surface area (Å²) in [6.07, 6.45) is 3.78. The molecule has 2 heterocycles. The van der Waals surface area contributed by atoms with Gasteiger partial charge in [-0.1, -0.05) is 6.07 Å². The smallest absolute Gasteiger partial charge is 0.410 e. The standard InChI is InChI=1S/C17H26BrN3O2/c1-17(2,3)23-16(22)21-9-5-6-14(12-21)20(4)11-13-7-8-15(18)19-10-13/h7-8,10,14H,5-6,9,11-12H2,1-4H3. The van der Waals surface area contributed by atoms with Gasteiger partial charge < -0.3 is 9.64 Å². The summed E-state index contributed by atoms with van der Waals surface area (Å²) in [5.41, 5.74) is 0.726. The molecule has 0 saturated carbocycles. The molecule has 1 aliphatic rings. The summed E-state index contributed by atoms with van der Waals surface area (Å²) >= 11 is 3.35. The zero-order valence-electron chi connectivity index (χ0n) is 14.4. The summed E-state index contributed by atoms with van der Waals surface area (Å²) in [5, 5.41) is 0. The molecule has 0 radical (unpaired) electrons. The molecule has 1 amide bonds. The van der Waals surface area contributed by atoms with E-state index in [1.54, 1.807) is 0 Å².